The van der Waals surface area contributed by atoms with E-state index in [0.717, 1.165) is 36.9 Å². The van der Waals surface area contributed by atoms with Gasteiger partial charge in [-0.2, -0.15) is 0 Å². The molecule has 1 fully saturated rings. The second kappa shape index (κ2) is 12.1. The van der Waals surface area contributed by atoms with Crippen LogP contribution in [-0.2, 0) is 15.8 Å². The zero-order valence-electron chi connectivity index (χ0n) is 23.1. The van der Waals surface area contributed by atoms with Crippen molar-refractivity contribution < 1.29 is 13.2 Å². The lowest BCUT2D eigenvalue weighted by molar-refractivity contribution is 0.466. The van der Waals surface area contributed by atoms with Crippen molar-refractivity contribution in [2.24, 2.45) is 0 Å². The first-order valence-electron chi connectivity index (χ1n) is 13.8. The molecule has 0 saturated carbocycles. The van der Waals surface area contributed by atoms with Gasteiger partial charge in [-0.3, -0.25) is 9.71 Å². The van der Waals surface area contributed by atoms with Gasteiger partial charge in [0.25, 0.3) is 0 Å². The van der Waals surface area contributed by atoms with E-state index in [1.807, 2.05) is 43.3 Å². The van der Waals surface area contributed by atoms with Crippen LogP contribution >= 0.6 is 0 Å². The van der Waals surface area contributed by atoms with Crippen LogP contribution in [0.25, 0.3) is 22.0 Å². The van der Waals surface area contributed by atoms with Crippen LogP contribution < -0.4 is 20.1 Å². The second-order valence-corrected chi connectivity index (χ2v) is 11.9. The third-order valence-corrected chi connectivity index (χ3v) is 8.28. The predicted octanol–water partition coefficient (Wildman–Crippen LogP) is 5.29. The Morgan fingerprint density at radius 1 is 0.929 bits per heavy atom. The summed E-state index contributed by atoms with van der Waals surface area (Å²) in [5.41, 5.74) is 3.19. The second-order valence-electron chi connectivity index (χ2n) is 10.2. The predicted molar refractivity (Wildman–Crippen MR) is 164 cm³/mol. The van der Waals surface area contributed by atoms with Crippen molar-refractivity contribution in [2.75, 3.05) is 23.1 Å². The third-order valence-electron chi connectivity index (χ3n) is 7.07. The summed E-state index contributed by atoms with van der Waals surface area (Å²) < 4.78 is 35.2. The van der Waals surface area contributed by atoms with Gasteiger partial charge in [0.15, 0.2) is 0 Å². The summed E-state index contributed by atoms with van der Waals surface area (Å²) in [7, 11) is -3.71. The van der Waals surface area contributed by atoms with E-state index in [2.05, 4.69) is 30.3 Å². The molecule has 0 radical (unpaired) electrons. The SMILES string of the molecule is Cc1ccc2c(NS(=O)(=O)Cc3ccccn3)cccc2c1Oc1ncccc1-c1ccnc(NC2CCCNC2)n1. The number of sulfonamides is 1. The van der Waals surface area contributed by atoms with Crippen LogP contribution in [0.1, 0.15) is 24.1 Å². The number of ether oxygens (including phenoxy) is 1. The summed E-state index contributed by atoms with van der Waals surface area (Å²) in [6.45, 7) is 3.85. The minimum absolute atomic E-state index is 0.232. The maximum Gasteiger partial charge on any atom is 0.238 e. The molecule has 0 amide bonds. The summed E-state index contributed by atoms with van der Waals surface area (Å²) in [6, 6.07) is 20.3. The molecule has 4 heterocycles. The summed E-state index contributed by atoms with van der Waals surface area (Å²) >= 11 is 0. The Morgan fingerprint density at radius 2 is 1.83 bits per heavy atom. The van der Waals surface area contributed by atoms with Crippen LogP contribution in [0.3, 0.4) is 0 Å². The van der Waals surface area contributed by atoms with Crippen LogP contribution in [0, 0.1) is 6.92 Å². The van der Waals surface area contributed by atoms with Crippen molar-refractivity contribution in [1.29, 1.82) is 0 Å². The third kappa shape index (κ3) is 6.32. The molecule has 42 heavy (non-hydrogen) atoms. The summed E-state index contributed by atoms with van der Waals surface area (Å²) in [4.78, 5) is 17.9. The van der Waals surface area contributed by atoms with Crippen LogP contribution in [0.2, 0.25) is 0 Å². The molecule has 1 aliphatic heterocycles. The smallest absolute Gasteiger partial charge is 0.238 e. The van der Waals surface area contributed by atoms with Gasteiger partial charge in [0.05, 0.1) is 22.6 Å². The topological polar surface area (TPSA) is 131 Å². The lowest BCUT2D eigenvalue weighted by atomic mass is 10.0. The van der Waals surface area contributed by atoms with Crippen LogP contribution in [0.5, 0.6) is 11.6 Å². The molecule has 5 aromatic rings. The molecule has 0 bridgehead atoms. The van der Waals surface area contributed by atoms with E-state index >= 15 is 0 Å². The highest BCUT2D eigenvalue weighted by Gasteiger charge is 2.19. The molecular weight excluding hydrogens is 550 g/mol. The number of aryl methyl sites for hydroxylation is 1. The van der Waals surface area contributed by atoms with Gasteiger partial charge in [-0.25, -0.2) is 23.4 Å². The minimum Gasteiger partial charge on any atom is -0.437 e. The van der Waals surface area contributed by atoms with E-state index in [1.165, 1.54) is 0 Å². The number of aromatic nitrogens is 4. The molecule has 10 nitrogen and oxygen atoms in total. The molecule has 0 aliphatic carbocycles. The van der Waals surface area contributed by atoms with Gasteiger partial charge in [-0.05, 0) is 68.3 Å². The number of benzene rings is 2. The van der Waals surface area contributed by atoms with Crippen molar-refractivity contribution in [3.63, 3.8) is 0 Å². The average molecular weight is 582 g/mol. The molecule has 0 spiro atoms. The van der Waals surface area contributed by atoms with Gasteiger partial charge in [-0.1, -0.05) is 30.3 Å². The van der Waals surface area contributed by atoms with E-state index in [9.17, 15) is 8.42 Å². The van der Waals surface area contributed by atoms with Gasteiger partial charge < -0.3 is 15.4 Å². The lowest BCUT2D eigenvalue weighted by Crippen LogP contribution is -2.38. The number of rotatable bonds is 9. The normalized spacial score (nSPS) is 15.3. The summed E-state index contributed by atoms with van der Waals surface area (Å²) in [5, 5.41) is 8.28. The van der Waals surface area contributed by atoms with Crippen LogP contribution in [-0.4, -0.2) is 47.5 Å². The largest absolute Gasteiger partial charge is 0.437 e. The zero-order chi connectivity index (χ0) is 28.9. The molecule has 3 aromatic heterocycles. The highest BCUT2D eigenvalue weighted by Crippen LogP contribution is 2.39. The monoisotopic (exact) mass is 581 g/mol. The number of nitrogens with one attached hydrogen (secondary N) is 3. The molecule has 3 N–H and O–H groups in total. The van der Waals surface area contributed by atoms with Crippen LogP contribution in [0.4, 0.5) is 11.6 Å². The van der Waals surface area contributed by atoms with E-state index in [1.54, 1.807) is 48.9 Å². The molecule has 1 aliphatic rings. The fraction of sp³-hybridized carbons (Fsp3) is 0.226. The standard InChI is InChI=1S/C31H31N7O3S/c1-21-12-13-24-25(9-4-11-28(24)38-42(39,40)20-23-7-2-3-16-33-23)29(21)41-30-26(10-6-17-34-30)27-14-18-35-31(37-27)36-22-8-5-15-32-19-22/h2-4,6-7,9-14,16-18,22,32,38H,5,8,15,19-20H2,1H3,(H,35,36,37). The number of pyridine rings is 2. The number of nitrogens with zero attached hydrogens (tertiary/aromatic N) is 4. The zero-order valence-corrected chi connectivity index (χ0v) is 23.9. The van der Waals surface area contributed by atoms with Crippen LogP contribution in [0.15, 0.2) is 85.3 Å². The Hall–Kier alpha value is -4.61. The first-order chi connectivity index (χ1) is 20.4. The van der Waals surface area contributed by atoms with Crippen molar-refractivity contribution in [2.45, 2.75) is 31.6 Å². The summed E-state index contributed by atoms with van der Waals surface area (Å²) in [5.74, 6) is 1.29. The number of fused-ring (bicyclic) bond motifs is 1. The van der Waals surface area contributed by atoms with Crippen molar-refractivity contribution in [1.82, 2.24) is 25.3 Å². The molecule has 6 rings (SSSR count). The van der Waals surface area contributed by atoms with E-state index in [0.29, 0.717) is 45.6 Å². The van der Waals surface area contributed by atoms with E-state index in [4.69, 9.17) is 9.72 Å². The number of anilines is 2. The van der Waals surface area contributed by atoms with E-state index in [-0.39, 0.29) is 11.8 Å². The average Bonchev–Trinajstić information content (AvgIpc) is 3.00. The minimum atomic E-state index is -3.71. The molecular formula is C31H31N7O3S. The van der Waals surface area contributed by atoms with Gasteiger partial charge in [0.1, 0.15) is 11.5 Å². The maximum absolute atomic E-state index is 13.0. The van der Waals surface area contributed by atoms with Gasteiger partial charge in [0, 0.05) is 41.9 Å². The molecule has 1 unspecified atom stereocenters. The quantitative estimate of drug-likeness (QED) is 0.212. The van der Waals surface area contributed by atoms with Gasteiger partial charge in [0.2, 0.25) is 21.9 Å². The Balaban J connectivity index is 1.30. The van der Waals surface area contributed by atoms with Crippen molar-refractivity contribution in [3.8, 4) is 22.9 Å². The van der Waals surface area contributed by atoms with Crippen molar-refractivity contribution >= 4 is 32.4 Å². The first kappa shape index (κ1) is 27.6. The van der Waals surface area contributed by atoms with Crippen molar-refractivity contribution in [3.05, 3.63) is 96.6 Å². The van der Waals surface area contributed by atoms with Gasteiger partial charge >= 0.3 is 0 Å². The fourth-order valence-electron chi connectivity index (χ4n) is 5.05. The Kier molecular flexibility index (Phi) is 7.93. The maximum atomic E-state index is 13.0. The molecule has 11 heteroatoms. The Morgan fingerprint density at radius 3 is 2.67 bits per heavy atom. The Labute approximate surface area is 244 Å². The highest BCUT2D eigenvalue weighted by molar-refractivity contribution is 7.91. The first-order valence-corrected chi connectivity index (χ1v) is 15.5. The summed E-state index contributed by atoms with van der Waals surface area (Å²) in [6.07, 6.45) is 7.14. The van der Waals surface area contributed by atoms with E-state index < -0.39 is 10.0 Å². The number of hydrogen-bond donors (Lipinski definition) is 3. The molecule has 214 valence electrons. The number of hydrogen-bond acceptors (Lipinski definition) is 9. The number of piperidine rings is 1. The lowest BCUT2D eigenvalue weighted by Gasteiger charge is -2.23. The molecule has 2 aromatic carbocycles. The van der Waals surface area contributed by atoms with Gasteiger partial charge in [-0.15, -0.1) is 0 Å². The highest BCUT2D eigenvalue weighted by atomic mass is 32.2. The molecule has 1 saturated heterocycles. The molecule has 1 atom stereocenters. The fourth-order valence-corrected chi connectivity index (χ4v) is 6.19. The Bertz CT molecular complexity index is 1810.